The number of hydrogen-bond acceptors (Lipinski definition) is 1. The average Bonchev–Trinajstić information content (AvgIpc) is 2.55. The average molecular weight is 473 g/mol. The first-order valence-corrected chi connectivity index (χ1v) is 7.56. The molecule has 0 unspecified atom stereocenters. The van der Waals surface area contributed by atoms with Crippen LogP contribution in [0.15, 0.2) is 47.5 Å². The van der Waals surface area contributed by atoms with Gasteiger partial charge >= 0.3 is 6.18 Å². The van der Waals surface area contributed by atoms with Crippen LogP contribution in [-0.2, 0) is 6.18 Å². The molecular weight excluding hydrogens is 454 g/mol. The van der Waals surface area contributed by atoms with Crippen LogP contribution in [0.3, 0.4) is 0 Å². The van der Waals surface area contributed by atoms with Crippen molar-refractivity contribution in [3.8, 4) is 11.8 Å². The largest absolute Gasteiger partial charge is 0.416 e. The Kier molecular flexibility index (Phi) is 7.96. The molecule has 7 heteroatoms. The standard InChI is InChI=1S/C19H18F3N3.HI/c1-13-5-10-17(12-14(13)2)25-18(23)24-11-3-4-15-6-8-16(9-7-15)19(20,21)22;/h5-10,12H,11H2,1-2H3,(H3,23,24,25);1H. The number of alkyl halides is 3. The predicted octanol–water partition coefficient (Wildman–Crippen LogP) is 4.72. The molecule has 2 aromatic carbocycles. The highest BCUT2D eigenvalue weighted by molar-refractivity contribution is 14.0. The van der Waals surface area contributed by atoms with E-state index in [0.29, 0.717) is 5.56 Å². The van der Waals surface area contributed by atoms with Gasteiger partial charge in [-0.1, -0.05) is 17.9 Å². The first-order valence-electron chi connectivity index (χ1n) is 7.56. The lowest BCUT2D eigenvalue weighted by atomic mass is 10.1. The molecule has 0 aliphatic heterocycles. The zero-order valence-corrected chi connectivity index (χ0v) is 16.6. The summed E-state index contributed by atoms with van der Waals surface area (Å²) in [5, 5.41) is 2.97. The van der Waals surface area contributed by atoms with Crippen molar-refractivity contribution in [2.45, 2.75) is 20.0 Å². The normalized spacial score (nSPS) is 11.2. The lowest BCUT2D eigenvalue weighted by Crippen LogP contribution is -2.22. The Morgan fingerprint density at radius 2 is 1.73 bits per heavy atom. The number of hydrogen-bond donors (Lipinski definition) is 2. The van der Waals surface area contributed by atoms with Crippen LogP contribution in [0.4, 0.5) is 18.9 Å². The molecule has 0 heterocycles. The topological polar surface area (TPSA) is 50.4 Å². The van der Waals surface area contributed by atoms with Gasteiger partial charge in [0.25, 0.3) is 0 Å². The number of aliphatic imine (C=N–C) groups is 1. The minimum absolute atomic E-state index is 0. The van der Waals surface area contributed by atoms with E-state index < -0.39 is 11.7 Å². The highest BCUT2D eigenvalue weighted by Crippen LogP contribution is 2.28. The third kappa shape index (κ3) is 6.59. The molecule has 3 N–H and O–H groups in total. The maximum atomic E-state index is 12.5. The summed E-state index contributed by atoms with van der Waals surface area (Å²) in [7, 11) is 0. The molecule has 0 atom stereocenters. The highest BCUT2D eigenvalue weighted by atomic mass is 127. The van der Waals surface area contributed by atoms with Gasteiger partial charge in [-0.05, 0) is 61.4 Å². The smallest absolute Gasteiger partial charge is 0.370 e. The molecule has 0 aliphatic carbocycles. The summed E-state index contributed by atoms with van der Waals surface area (Å²) in [6, 6.07) is 10.5. The van der Waals surface area contributed by atoms with Crippen LogP contribution in [0.5, 0.6) is 0 Å². The van der Waals surface area contributed by atoms with E-state index in [1.807, 2.05) is 32.0 Å². The molecule has 0 bridgehead atoms. The van der Waals surface area contributed by atoms with E-state index in [-0.39, 0.29) is 36.5 Å². The van der Waals surface area contributed by atoms with Gasteiger partial charge < -0.3 is 11.1 Å². The molecule has 0 radical (unpaired) electrons. The molecule has 2 rings (SSSR count). The monoisotopic (exact) mass is 473 g/mol. The van der Waals surface area contributed by atoms with Crippen molar-refractivity contribution in [3.63, 3.8) is 0 Å². The number of guanidine groups is 1. The summed E-state index contributed by atoms with van der Waals surface area (Å²) in [6.45, 7) is 4.17. The van der Waals surface area contributed by atoms with Crippen molar-refractivity contribution < 1.29 is 13.2 Å². The number of nitrogens with one attached hydrogen (secondary N) is 1. The summed E-state index contributed by atoms with van der Waals surface area (Å²) < 4.78 is 37.4. The molecule has 138 valence electrons. The van der Waals surface area contributed by atoms with Crippen LogP contribution in [0.25, 0.3) is 0 Å². The Bertz CT molecular complexity index is 832. The zero-order chi connectivity index (χ0) is 18.4. The van der Waals surface area contributed by atoms with Gasteiger partial charge in [0.05, 0.1) is 5.56 Å². The zero-order valence-electron chi connectivity index (χ0n) is 14.3. The molecule has 0 spiro atoms. The number of aryl methyl sites for hydroxylation is 2. The van der Waals surface area contributed by atoms with Crippen molar-refractivity contribution in [3.05, 3.63) is 64.7 Å². The fourth-order valence-electron chi connectivity index (χ4n) is 2.02. The highest BCUT2D eigenvalue weighted by Gasteiger charge is 2.29. The molecule has 0 amide bonds. The number of nitrogens with two attached hydrogens (primary N) is 1. The van der Waals surface area contributed by atoms with E-state index >= 15 is 0 Å². The van der Waals surface area contributed by atoms with Crippen LogP contribution >= 0.6 is 24.0 Å². The summed E-state index contributed by atoms with van der Waals surface area (Å²) in [5.41, 5.74) is 8.74. The first kappa shape index (κ1) is 21.8. The van der Waals surface area contributed by atoms with E-state index in [4.69, 9.17) is 5.73 Å². The quantitative estimate of drug-likeness (QED) is 0.287. The maximum Gasteiger partial charge on any atom is 0.416 e. The van der Waals surface area contributed by atoms with E-state index in [9.17, 15) is 13.2 Å². The lowest BCUT2D eigenvalue weighted by Gasteiger charge is -2.07. The number of nitrogens with zero attached hydrogens (tertiary/aromatic N) is 1. The Morgan fingerprint density at radius 3 is 2.31 bits per heavy atom. The minimum Gasteiger partial charge on any atom is -0.370 e. The molecule has 0 saturated heterocycles. The predicted molar refractivity (Wildman–Crippen MR) is 110 cm³/mol. The third-order valence-electron chi connectivity index (χ3n) is 3.55. The number of benzene rings is 2. The molecule has 0 aromatic heterocycles. The van der Waals surface area contributed by atoms with Gasteiger partial charge in [-0.25, -0.2) is 4.99 Å². The third-order valence-corrected chi connectivity index (χ3v) is 3.55. The van der Waals surface area contributed by atoms with Gasteiger partial charge in [0, 0.05) is 11.3 Å². The van der Waals surface area contributed by atoms with E-state index in [1.165, 1.54) is 17.7 Å². The molecular formula is C19H19F3IN3. The molecule has 0 aliphatic rings. The first-order chi connectivity index (χ1) is 11.8. The van der Waals surface area contributed by atoms with Gasteiger partial charge in [0.15, 0.2) is 5.96 Å². The number of anilines is 1. The Hall–Kier alpha value is -2.21. The second-order valence-corrected chi connectivity index (χ2v) is 5.50. The molecule has 0 saturated carbocycles. The van der Waals surface area contributed by atoms with E-state index in [1.54, 1.807) is 0 Å². The summed E-state index contributed by atoms with van der Waals surface area (Å²) in [4.78, 5) is 4.07. The second-order valence-electron chi connectivity index (χ2n) is 5.50. The summed E-state index contributed by atoms with van der Waals surface area (Å²) in [5.74, 6) is 5.74. The van der Waals surface area contributed by atoms with Gasteiger partial charge in [-0.15, -0.1) is 24.0 Å². The van der Waals surface area contributed by atoms with Crippen LogP contribution in [0.2, 0.25) is 0 Å². The SMILES string of the molecule is Cc1ccc(NC(N)=NCC#Cc2ccc(C(F)(F)F)cc2)cc1C.I. The van der Waals surface area contributed by atoms with Crippen molar-refractivity contribution in [2.24, 2.45) is 10.7 Å². The van der Waals surface area contributed by atoms with Crippen LogP contribution < -0.4 is 11.1 Å². The van der Waals surface area contributed by atoms with Gasteiger partial charge in [-0.2, -0.15) is 13.2 Å². The molecule has 2 aromatic rings. The number of rotatable bonds is 2. The van der Waals surface area contributed by atoms with E-state index in [0.717, 1.165) is 23.4 Å². The van der Waals surface area contributed by atoms with Gasteiger partial charge in [0.1, 0.15) is 6.54 Å². The molecule has 3 nitrogen and oxygen atoms in total. The Labute approximate surface area is 167 Å². The van der Waals surface area contributed by atoms with Crippen LogP contribution in [-0.4, -0.2) is 12.5 Å². The molecule has 26 heavy (non-hydrogen) atoms. The second kappa shape index (κ2) is 9.48. The van der Waals surface area contributed by atoms with Crippen molar-refractivity contribution >= 4 is 35.6 Å². The fourth-order valence-corrected chi connectivity index (χ4v) is 2.02. The van der Waals surface area contributed by atoms with Crippen molar-refractivity contribution in [2.75, 3.05) is 11.9 Å². The van der Waals surface area contributed by atoms with Gasteiger partial charge in [-0.3, -0.25) is 0 Å². The van der Waals surface area contributed by atoms with E-state index in [2.05, 4.69) is 22.2 Å². The Balaban J connectivity index is 0.00000338. The summed E-state index contributed by atoms with van der Waals surface area (Å²) in [6.07, 6.45) is -4.34. The van der Waals surface area contributed by atoms with Crippen LogP contribution in [0.1, 0.15) is 22.3 Å². The molecule has 0 fully saturated rings. The minimum atomic E-state index is -4.34. The fraction of sp³-hybridized carbons (Fsp3) is 0.211. The lowest BCUT2D eigenvalue weighted by molar-refractivity contribution is -0.137. The Morgan fingerprint density at radius 1 is 1.08 bits per heavy atom. The maximum absolute atomic E-state index is 12.5. The van der Waals surface area contributed by atoms with Gasteiger partial charge in [0.2, 0.25) is 0 Å². The van der Waals surface area contributed by atoms with Crippen molar-refractivity contribution in [1.29, 1.82) is 0 Å². The van der Waals surface area contributed by atoms with Crippen LogP contribution in [0, 0.1) is 25.7 Å². The number of halogens is 4. The van der Waals surface area contributed by atoms with Crippen molar-refractivity contribution in [1.82, 2.24) is 0 Å². The summed E-state index contributed by atoms with van der Waals surface area (Å²) >= 11 is 0.